The van der Waals surface area contributed by atoms with Crippen LogP contribution in [-0.4, -0.2) is 36.9 Å². The molecule has 0 heterocycles. The van der Waals surface area contributed by atoms with Gasteiger partial charge in [-0.15, -0.1) is 0 Å². The summed E-state index contributed by atoms with van der Waals surface area (Å²) in [4.78, 5) is -0.0442. The van der Waals surface area contributed by atoms with Gasteiger partial charge in [0.2, 0.25) is 5.75 Å². The van der Waals surface area contributed by atoms with Crippen molar-refractivity contribution in [2.24, 2.45) is 0 Å². The van der Waals surface area contributed by atoms with Crippen LogP contribution in [0.25, 0.3) is 6.08 Å². The number of benzene rings is 2. The van der Waals surface area contributed by atoms with Crippen molar-refractivity contribution in [3.63, 3.8) is 0 Å². The molecule has 0 amide bonds. The fraction of sp³-hybridized carbons (Fsp3) is 0.222. The van der Waals surface area contributed by atoms with Gasteiger partial charge < -0.3 is 18.9 Å². The van der Waals surface area contributed by atoms with E-state index in [0.29, 0.717) is 5.56 Å². The molecule has 2 rings (SSSR count). The molecule has 2 aromatic carbocycles. The predicted molar refractivity (Wildman–Crippen MR) is 95.3 cm³/mol. The fourth-order valence-electron chi connectivity index (χ4n) is 2.25. The Bertz CT molecular complexity index is 896. The van der Waals surface area contributed by atoms with E-state index in [-0.39, 0.29) is 27.9 Å². The summed E-state index contributed by atoms with van der Waals surface area (Å²) < 4.78 is 59.2. The van der Waals surface area contributed by atoms with Gasteiger partial charge in [0.05, 0.1) is 33.3 Å². The summed E-state index contributed by atoms with van der Waals surface area (Å²) in [6.07, 6.45) is 1.29. The highest BCUT2D eigenvalue weighted by Gasteiger charge is 2.19. The Hall–Kier alpha value is -2.74. The van der Waals surface area contributed by atoms with Crippen LogP contribution in [0.5, 0.6) is 23.0 Å². The summed E-state index contributed by atoms with van der Waals surface area (Å²) in [6.45, 7) is 0. The molecule has 0 saturated heterocycles. The monoisotopic (exact) mass is 382 g/mol. The van der Waals surface area contributed by atoms with Crippen LogP contribution in [0.15, 0.2) is 40.6 Å². The molecular weight excluding hydrogens is 363 g/mol. The number of sulfone groups is 1. The molecular formula is C18H19FO6S. The Balaban J connectivity index is 2.42. The third-order valence-electron chi connectivity index (χ3n) is 3.58. The topological polar surface area (TPSA) is 71.1 Å². The fourth-order valence-corrected chi connectivity index (χ4v) is 3.29. The summed E-state index contributed by atoms with van der Waals surface area (Å²) >= 11 is 0. The maximum absolute atomic E-state index is 13.7. The van der Waals surface area contributed by atoms with Crippen LogP contribution in [0.4, 0.5) is 4.39 Å². The molecule has 0 aromatic heterocycles. The van der Waals surface area contributed by atoms with Gasteiger partial charge in [-0.2, -0.15) is 0 Å². The number of hydrogen-bond donors (Lipinski definition) is 0. The van der Waals surface area contributed by atoms with Crippen LogP contribution in [0.3, 0.4) is 0 Å². The van der Waals surface area contributed by atoms with Crippen molar-refractivity contribution in [2.75, 3.05) is 28.4 Å². The zero-order valence-electron chi connectivity index (χ0n) is 14.8. The maximum Gasteiger partial charge on any atom is 0.203 e. The molecule has 0 N–H and O–H groups in total. The molecule has 0 aliphatic carbocycles. The Morgan fingerprint density at radius 3 is 1.88 bits per heavy atom. The molecule has 140 valence electrons. The van der Waals surface area contributed by atoms with Crippen LogP contribution in [0.1, 0.15) is 5.56 Å². The largest absolute Gasteiger partial charge is 0.494 e. The lowest BCUT2D eigenvalue weighted by Crippen LogP contribution is -2.01. The third kappa shape index (κ3) is 4.08. The second kappa shape index (κ2) is 8.09. The third-order valence-corrected chi connectivity index (χ3v) is 4.97. The van der Waals surface area contributed by atoms with Crippen LogP contribution in [-0.2, 0) is 9.84 Å². The van der Waals surface area contributed by atoms with Crippen molar-refractivity contribution < 1.29 is 31.8 Å². The Morgan fingerprint density at radius 1 is 0.846 bits per heavy atom. The van der Waals surface area contributed by atoms with Crippen molar-refractivity contribution in [2.45, 2.75) is 4.90 Å². The van der Waals surface area contributed by atoms with Gasteiger partial charge in [-0.25, -0.2) is 12.8 Å². The van der Waals surface area contributed by atoms with Crippen molar-refractivity contribution in [1.82, 2.24) is 0 Å². The zero-order valence-corrected chi connectivity index (χ0v) is 15.6. The number of ether oxygens (including phenoxy) is 4. The van der Waals surface area contributed by atoms with Gasteiger partial charge in [0.1, 0.15) is 0 Å². The minimum Gasteiger partial charge on any atom is -0.494 e. The number of hydrogen-bond acceptors (Lipinski definition) is 6. The first kappa shape index (κ1) is 19.6. The van der Waals surface area contributed by atoms with Crippen LogP contribution in [0.2, 0.25) is 0 Å². The standard InChI is InChI=1S/C18H19FO6S/c1-22-15-6-5-12(9-14(15)19)7-8-26(20,21)13-10-16(23-2)18(25-4)17(11-13)24-3/h5-11H,1-4H3/b8-7+. The van der Waals surface area contributed by atoms with Crippen LogP contribution < -0.4 is 18.9 Å². The average Bonchev–Trinajstić information content (AvgIpc) is 2.65. The summed E-state index contributed by atoms with van der Waals surface area (Å²) in [5.74, 6) is 0.216. The summed E-state index contributed by atoms with van der Waals surface area (Å²) in [6, 6.07) is 6.80. The minimum atomic E-state index is -3.83. The Labute approximate surface area is 151 Å². The van der Waals surface area contributed by atoms with E-state index in [9.17, 15) is 12.8 Å². The van der Waals surface area contributed by atoms with Crippen LogP contribution in [0, 0.1) is 5.82 Å². The second-order valence-electron chi connectivity index (χ2n) is 5.10. The molecule has 0 aliphatic rings. The number of rotatable bonds is 7. The molecule has 2 aromatic rings. The lowest BCUT2D eigenvalue weighted by atomic mass is 10.2. The van der Waals surface area contributed by atoms with Gasteiger partial charge in [0.15, 0.2) is 32.9 Å². The predicted octanol–water partition coefficient (Wildman–Crippen LogP) is 3.30. The first-order chi connectivity index (χ1) is 12.4. The first-order valence-corrected chi connectivity index (χ1v) is 8.97. The molecule has 0 saturated carbocycles. The normalized spacial score (nSPS) is 11.4. The molecule has 26 heavy (non-hydrogen) atoms. The SMILES string of the molecule is COc1ccc(/C=C/S(=O)(=O)c2cc(OC)c(OC)c(OC)c2)cc1F. The highest BCUT2D eigenvalue weighted by Crippen LogP contribution is 2.39. The van der Waals surface area contributed by atoms with E-state index in [1.54, 1.807) is 6.07 Å². The van der Waals surface area contributed by atoms with E-state index < -0.39 is 15.7 Å². The van der Waals surface area contributed by atoms with E-state index in [1.807, 2.05) is 0 Å². The lowest BCUT2D eigenvalue weighted by Gasteiger charge is -2.13. The highest BCUT2D eigenvalue weighted by atomic mass is 32.2. The van der Waals surface area contributed by atoms with E-state index in [2.05, 4.69) is 0 Å². The van der Waals surface area contributed by atoms with Gasteiger partial charge >= 0.3 is 0 Å². The van der Waals surface area contributed by atoms with Crippen molar-refractivity contribution in [3.8, 4) is 23.0 Å². The number of methoxy groups -OCH3 is 4. The van der Waals surface area contributed by atoms with E-state index in [0.717, 1.165) is 5.41 Å². The number of halogens is 1. The smallest absolute Gasteiger partial charge is 0.203 e. The van der Waals surface area contributed by atoms with Gasteiger partial charge in [0.25, 0.3) is 0 Å². The second-order valence-corrected chi connectivity index (χ2v) is 6.94. The van der Waals surface area contributed by atoms with Gasteiger partial charge in [0, 0.05) is 17.5 Å². The first-order valence-electron chi connectivity index (χ1n) is 7.43. The minimum absolute atomic E-state index is 0.0442. The summed E-state index contributed by atoms with van der Waals surface area (Å²) in [5.41, 5.74) is 0.374. The maximum atomic E-state index is 13.7. The molecule has 0 aliphatic heterocycles. The summed E-state index contributed by atoms with van der Waals surface area (Å²) in [7, 11) is 1.73. The lowest BCUT2D eigenvalue weighted by molar-refractivity contribution is 0.323. The molecule has 0 unspecified atom stereocenters. The molecule has 0 atom stereocenters. The summed E-state index contributed by atoms with van der Waals surface area (Å²) in [5, 5.41) is 0.981. The highest BCUT2D eigenvalue weighted by molar-refractivity contribution is 7.94. The molecule has 0 radical (unpaired) electrons. The zero-order chi connectivity index (χ0) is 19.3. The van der Waals surface area contributed by atoms with Gasteiger partial charge in [-0.3, -0.25) is 0 Å². The Morgan fingerprint density at radius 2 is 1.42 bits per heavy atom. The van der Waals surface area contributed by atoms with Crippen molar-refractivity contribution in [3.05, 3.63) is 47.1 Å². The van der Waals surface area contributed by atoms with E-state index in [1.165, 1.54) is 58.8 Å². The molecule has 0 spiro atoms. The van der Waals surface area contributed by atoms with Gasteiger partial charge in [-0.1, -0.05) is 6.07 Å². The average molecular weight is 382 g/mol. The quantitative estimate of drug-likeness (QED) is 0.732. The van der Waals surface area contributed by atoms with Gasteiger partial charge in [-0.05, 0) is 23.8 Å². The van der Waals surface area contributed by atoms with E-state index in [4.69, 9.17) is 18.9 Å². The molecule has 0 bridgehead atoms. The van der Waals surface area contributed by atoms with Crippen molar-refractivity contribution in [1.29, 1.82) is 0 Å². The van der Waals surface area contributed by atoms with Crippen LogP contribution >= 0.6 is 0 Å². The van der Waals surface area contributed by atoms with E-state index >= 15 is 0 Å². The molecule has 0 fully saturated rings. The van der Waals surface area contributed by atoms with Crippen molar-refractivity contribution >= 4 is 15.9 Å². The molecule has 6 nitrogen and oxygen atoms in total. The molecule has 8 heteroatoms. The Kier molecular flexibility index (Phi) is 6.10.